The third kappa shape index (κ3) is 3.20. The van der Waals surface area contributed by atoms with Crippen LogP contribution in [0.4, 0.5) is 0 Å². The van der Waals surface area contributed by atoms with E-state index in [1.807, 2.05) is 31.2 Å². The topological polar surface area (TPSA) is 84.6 Å². The Kier molecular flexibility index (Phi) is 3.77. The van der Waals surface area contributed by atoms with Gasteiger partial charge in [0.15, 0.2) is 0 Å². The van der Waals surface area contributed by atoms with Crippen LogP contribution in [-0.2, 0) is 9.59 Å². The van der Waals surface area contributed by atoms with Gasteiger partial charge in [0.05, 0.1) is 5.71 Å². The number of carbonyl (C=O) groups excluding carboxylic acids is 2. The normalized spacial score (nSPS) is 11.0. The van der Waals surface area contributed by atoms with Crippen molar-refractivity contribution >= 4 is 17.5 Å². The Bertz CT molecular complexity index is 435. The van der Waals surface area contributed by atoms with Crippen LogP contribution >= 0.6 is 0 Å². The van der Waals surface area contributed by atoms with E-state index >= 15 is 0 Å². The Balaban J connectivity index is 2.74. The second-order valence-corrected chi connectivity index (χ2v) is 3.37. The number of nitrogens with two attached hydrogens (primary N) is 1. The van der Waals surface area contributed by atoms with E-state index in [0.29, 0.717) is 5.71 Å². The third-order valence-electron chi connectivity index (χ3n) is 2.02. The van der Waals surface area contributed by atoms with E-state index in [4.69, 9.17) is 5.73 Å². The van der Waals surface area contributed by atoms with Crippen molar-refractivity contribution in [1.82, 2.24) is 5.43 Å². The maximum Gasteiger partial charge on any atom is 0.329 e. The maximum atomic E-state index is 10.8. The molecule has 0 heterocycles. The smallest absolute Gasteiger partial charge is 0.329 e. The molecule has 0 bridgehead atoms. The SMILES string of the molecule is C/C(=N/NC(=O)C(N)=O)c1ccc(C)cc1. The highest BCUT2D eigenvalue weighted by atomic mass is 16.2. The first-order valence-corrected chi connectivity index (χ1v) is 4.72. The number of nitrogens with one attached hydrogen (secondary N) is 1. The fourth-order valence-corrected chi connectivity index (χ4v) is 1.05. The molecule has 0 unspecified atom stereocenters. The van der Waals surface area contributed by atoms with Gasteiger partial charge in [-0.15, -0.1) is 0 Å². The minimum Gasteiger partial charge on any atom is -0.361 e. The molecule has 3 N–H and O–H groups in total. The van der Waals surface area contributed by atoms with Crippen LogP contribution in [0.1, 0.15) is 18.1 Å². The first kappa shape index (κ1) is 11.9. The second-order valence-electron chi connectivity index (χ2n) is 3.37. The molecule has 0 aliphatic rings. The second kappa shape index (κ2) is 5.06. The number of hydrogen-bond acceptors (Lipinski definition) is 3. The molecular weight excluding hydrogens is 206 g/mol. The number of benzene rings is 1. The number of rotatable bonds is 2. The Morgan fingerprint density at radius 3 is 2.31 bits per heavy atom. The van der Waals surface area contributed by atoms with Crippen molar-refractivity contribution in [1.29, 1.82) is 0 Å². The highest BCUT2D eigenvalue weighted by Gasteiger charge is 2.06. The maximum absolute atomic E-state index is 10.8. The van der Waals surface area contributed by atoms with E-state index < -0.39 is 11.8 Å². The average Bonchev–Trinajstić information content (AvgIpc) is 2.26. The van der Waals surface area contributed by atoms with Gasteiger partial charge in [-0.25, -0.2) is 5.43 Å². The lowest BCUT2D eigenvalue weighted by Crippen LogP contribution is -2.33. The van der Waals surface area contributed by atoms with E-state index in [9.17, 15) is 9.59 Å². The molecule has 0 spiro atoms. The zero-order valence-corrected chi connectivity index (χ0v) is 9.15. The molecule has 0 fully saturated rings. The summed E-state index contributed by atoms with van der Waals surface area (Å²) in [6.07, 6.45) is 0. The van der Waals surface area contributed by atoms with Crippen LogP contribution in [0, 0.1) is 6.92 Å². The Morgan fingerprint density at radius 1 is 1.25 bits per heavy atom. The summed E-state index contributed by atoms with van der Waals surface area (Å²) in [5, 5.41) is 3.76. The molecule has 2 amide bonds. The van der Waals surface area contributed by atoms with Gasteiger partial charge in [0.2, 0.25) is 0 Å². The molecule has 1 aromatic carbocycles. The molecule has 0 saturated carbocycles. The summed E-state index contributed by atoms with van der Waals surface area (Å²) in [5.41, 5.74) is 9.44. The lowest BCUT2D eigenvalue weighted by molar-refractivity contribution is -0.137. The van der Waals surface area contributed by atoms with Gasteiger partial charge in [0.25, 0.3) is 0 Å². The molecule has 1 rings (SSSR count). The zero-order valence-electron chi connectivity index (χ0n) is 9.15. The van der Waals surface area contributed by atoms with Crippen molar-refractivity contribution in [2.24, 2.45) is 10.8 Å². The van der Waals surface area contributed by atoms with E-state index in [2.05, 4.69) is 10.5 Å². The van der Waals surface area contributed by atoms with Crippen molar-refractivity contribution in [3.63, 3.8) is 0 Å². The van der Waals surface area contributed by atoms with Crippen molar-refractivity contribution in [3.05, 3.63) is 35.4 Å². The van der Waals surface area contributed by atoms with Crippen molar-refractivity contribution in [2.75, 3.05) is 0 Å². The lowest BCUT2D eigenvalue weighted by Gasteiger charge is -2.01. The summed E-state index contributed by atoms with van der Waals surface area (Å²) < 4.78 is 0. The van der Waals surface area contributed by atoms with Gasteiger partial charge in [-0.1, -0.05) is 29.8 Å². The lowest BCUT2D eigenvalue weighted by atomic mass is 10.1. The molecule has 0 aliphatic carbocycles. The molecule has 0 atom stereocenters. The molecule has 5 heteroatoms. The first-order valence-electron chi connectivity index (χ1n) is 4.72. The van der Waals surface area contributed by atoms with E-state index in [0.717, 1.165) is 11.1 Å². The summed E-state index contributed by atoms with van der Waals surface area (Å²) in [6.45, 7) is 3.71. The Morgan fingerprint density at radius 2 is 1.81 bits per heavy atom. The molecule has 5 nitrogen and oxygen atoms in total. The van der Waals surface area contributed by atoms with Crippen molar-refractivity contribution < 1.29 is 9.59 Å². The van der Waals surface area contributed by atoms with E-state index in [1.54, 1.807) is 6.92 Å². The van der Waals surface area contributed by atoms with Gasteiger partial charge in [-0.05, 0) is 19.4 Å². The summed E-state index contributed by atoms with van der Waals surface area (Å²) in [7, 11) is 0. The summed E-state index contributed by atoms with van der Waals surface area (Å²) in [5.74, 6) is -1.98. The van der Waals surface area contributed by atoms with Crippen LogP contribution in [0.25, 0.3) is 0 Å². The van der Waals surface area contributed by atoms with Crippen LogP contribution in [0.3, 0.4) is 0 Å². The molecule has 84 valence electrons. The van der Waals surface area contributed by atoms with Crippen LogP contribution < -0.4 is 11.2 Å². The minimum absolute atomic E-state index is 0.606. The number of hydrogen-bond donors (Lipinski definition) is 2. The average molecular weight is 219 g/mol. The minimum atomic E-state index is -1.06. The standard InChI is InChI=1S/C11H13N3O2/c1-7-3-5-9(6-4-7)8(2)13-14-11(16)10(12)15/h3-6H,1-2H3,(H2,12,15)(H,14,16)/b13-8-. The molecule has 0 saturated heterocycles. The van der Waals surface area contributed by atoms with Gasteiger partial charge in [-0.3, -0.25) is 9.59 Å². The van der Waals surface area contributed by atoms with Crippen LogP contribution in [0.15, 0.2) is 29.4 Å². The van der Waals surface area contributed by atoms with Gasteiger partial charge >= 0.3 is 11.8 Å². The van der Waals surface area contributed by atoms with E-state index in [-0.39, 0.29) is 0 Å². The molecule has 0 aromatic heterocycles. The van der Waals surface area contributed by atoms with Gasteiger partial charge in [0.1, 0.15) is 0 Å². The van der Waals surface area contributed by atoms with Crippen molar-refractivity contribution in [2.45, 2.75) is 13.8 Å². The first-order chi connectivity index (χ1) is 7.50. The number of carbonyl (C=O) groups is 2. The highest BCUT2D eigenvalue weighted by Crippen LogP contribution is 2.03. The fourth-order valence-electron chi connectivity index (χ4n) is 1.05. The number of amides is 2. The molecular formula is C11H13N3O2. The van der Waals surface area contributed by atoms with Crippen molar-refractivity contribution in [3.8, 4) is 0 Å². The highest BCUT2D eigenvalue weighted by molar-refractivity contribution is 6.34. The quantitative estimate of drug-likeness (QED) is 0.426. The number of primary amides is 1. The largest absolute Gasteiger partial charge is 0.361 e. The summed E-state index contributed by atoms with van der Waals surface area (Å²) in [6, 6.07) is 7.63. The fraction of sp³-hybridized carbons (Fsp3) is 0.182. The summed E-state index contributed by atoms with van der Waals surface area (Å²) in [4.78, 5) is 21.3. The molecule has 0 aliphatic heterocycles. The number of nitrogens with zero attached hydrogens (tertiary/aromatic N) is 1. The van der Waals surface area contributed by atoms with E-state index in [1.165, 1.54) is 0 Å². The van der Waals surface area contributed by atoms with Crippen LogP contribution in [0.2, 0.25) is 0 Å². The predicted octanol–water partition coefficient (Wildman–Crippen LogP) is 0.321. The van der Waals surface area contributed by atoms with Gasteiger partial charge in [0, 0.05) is 0 Å². The summed E-state index contributed by atoms with van der Waals surface area (Å²) >= 11 is 0. The van der Waals surface area contributed by atoms with Crippen LogP contribution in [-0.4, -0.2) is 17.5 Å². The van der Waals surface area contributed by atoms with Crippen LogP contribution in [0.5, 0.6) is 0 Å². The zero-order chi connectivity index (χ0) is 12.1. The Labute approximate surface area is 93.3 Å². The third-order valence-corrected chi connectivity index (χ3v) is 2.02. The van der Waals surface area contributed by atoms with Gasteiger partial charge in [-0.2, -0.15) is 5.10 Å². The molecule has 0 radical (unpaired) electrons. The monoisotopic (exact) mass is 219 g/mol. The van der Waals surface area contributed by atoms with Gasteiger partial charge < -0.3 is 5.73 Å². The predicted molar refractivity (Wildman–Crippen MR) is 60.7 cm³/mol. The molecule has 1 aromatic rings. The molecule has 16 heavy (non-hydrogen) atoms. The number of aryl methyl sites for hydroxylation is 1. The Hall–Kier alpha value is -2.17. The number of hydrazone groups is 1.